The number of halogens is 2. The van der Waals surface area contributed by atoms with Gasteiger partial charge in [-0.15, -0.1) is 0 Å². The van der Waals surface area contributed by atoms with Crippen molar-refractivity contribution in [3.63, 3.8) is 0 Å². The van der Waals surface area contributed by atoms with E-state index in [0.717, 1.165) is 32.5 Å². The number of carbonyl (C=O) groups is 3. The van der Waals surface area contributed by atoms with Gasteiger partial charge in [-0.3, -0.25) is 9.59 Å². The molecule has 0 aliphatic carbocycles. The molecule has 0 saturated carbocycles. The second-order valence-electron chi connectivity index (χ2n) is 11.5. The number of benzene rings is 1. The standard InChI is InChI=1S/C32H35ClFN7O4/c1-3-45-32(44)27-18(2)24(38-25(27)15-26(42)41-12-6-7-20(41)16-40-10-4-5-11-40)14-21-28-29(35-17-36-30(28)39-31(21)43)37-19-8-9-23(34)22(33)13-19/h8-9,13-14,17,20,38H,3-7,10-12,15-16H2,1-2H3,(H2,35,36,37,39,43)/b21-14-/t20-/m0/s1. The summed E-state index contributed by atoms with van der Waals surface area (Å²) in [6, 6.07) is 4.30. The number of esters is 1. The van der Waals surface area contributed by atoms with Crippen LogP contribution in [0, 0.1) is 12.7 Å². The second-order valence-corrected chi connectivity index (χ2v) is 11.9. The quantitative estimate of drug-likeness (QED) is 0.222. The van der Waals surface area contributed by atoms with Gasteiger partial charge in [-0.2, -0.15) is 0 Å². The topological polar surface area (TPSA) is 133 Å². The predicted octanol–water partition coefficient (Wildman–Crippen LogP) is 4.95. The Bertz CT molecular complexity index is 1680. The normalized spacial score (nSPS) is 18.8. The van der Waals surface area contributed by atoms with Crippen molar-refractivity contribution in [2.24, 2.45) is 0 Å². The molecule has 1 atom stereocenters. The van der Waals surface area contributed by atoms with Gasteiger partial charge < -0.3 is 30.2 Å². The molecular weight excluding hydrogens is 601 g/mol. The van der Waals surface area contributed by atoms with Crippen LogP contribution in [0.3, 0.4) is 0 Å². The number of rotatable bonds is 9. The lowest BCUT2D eigenvalue weighted by molar-refractivity contribution is -0.131. The summed E-state index contributed by atoms with van der Waals surface area (Å²) in [4.78, 5) is 56.2. The minimum atomic E-state index is -0.562. The number of anilines is 3. The molecule has 2 saturated heterocycles. The monoisotopic (exact) mass is 635 g/mol. The number of aromatic amines is 1. The number of likely N-dealkylation sites (tertiary alicyclic amines) is 2. The van der Waals surface area contributed by atoms with E-state index in [-0.39, 0.29) is 41.1 Å². The Hall–Kier alpha value is -4.29. The fraction of sp³-hybridized carbons (Fsp3) is 0.406. The highest BCUT2D eigenvalue weighted by molar-refractivity contribution is 6.35. The second kappa shape index (κ2) is 13.0. The van der Waals surface area contributed by atoms with Gasteiger partial charge in [0.05, 0.1) is 34.8 Å². The molecule has 5 heterocycles. The number of fused-ring (bicyclic) bond motifs is 1. The lowest BCUT2D eigenvalue weighted by Gasteiger charge is -2.28. The van der Waals surface area contributed by atoms with Crippen molar-refractivity contribution in [2.45, 2.75) is 52.0 Å². The maximum absolute atomic E-state index is 13.7. The first kappa shape index (κ1) is 30.7. The van der Waals surface area contributed by atoms with Crippen molar-refractivity contribution in [3.05, 3.63) is 63.4 Å². The van der Waals surface area contributed by atoms with E-state index in [9.17, 15) is 18.8 Å². The van der Waals surface area contributed by atoms with Crippen LogP contribution in [0.15, 0.2) is 24.5 Å². The van der Waals surface area contributed by atoms with E-state index in [1.165, 1.54) is 37.4 Å². The van der Waals surface area contributed by atoms with Crippen LogP contribution < -0.4 is 10.6 Å². The summed E-state index contributed by atoms with van der Waals surface area (Å²) in [5, 5.41) is 5.77. The summed E-state index contributed by atoms with van der Waals surface area (Å²) < 4.78 is 19.1. The molecule has 2 fully saturated rings. The molecule has 3 aliphatic heterocycles. The summed E-state index contributed by atoms with van der Waals surface area (Å²) in [6.45, 7) is 7.34. The number of carbonyl (C=O) groups excluding carboxylic acids is 3. The first-order valence-electron chi connectivity index (χ1n) is 15.2. The highest BCUT2D eigenvalue weighted by atomic mass is 35.5. The van der Waals surface area contributed by atoms with Crippen LogP contribution in [0.5, 0.6) is 0 Å². The van der Waals surface area contributed by atoms with Crippen LogP contribution in [0.4, 0.5) is 21.7 Å². The number of aromatic nitrogens is 3. The number of hydrogen-bond acceptors (Lipinski definition) is 8. The largest absolute Gasteiger partial charge is 0.462 e. The van der Waals surface area contributed by atoms with Gasteiger partial charge in [0, 0.05) is 36.2 Å². The Morgan fingerprint density at radius 3 is 2.76 bits per heavy atom. The Morgan fingerprint density at radius 1 is 1.20 bits per heavy atom. The minimum Gasteiger partial charge on any atom is -0.462 e. The molecule has 3 N–H and O–H groups in total. The third-order valence-corrected chi connectivity index (χ3v) is 8.89. The Kier molecular flexibility index (Phi) is 8.86. The smallest absolute Gasteiger partial charge is 0.340 e. The lowest BCUT2D eigenvalue weighted by atomic mass is 10.0. The molecule has 0 radical (unpaired) electrons. The Morgan fingerprint density at radius 2 is 2.00 bits per heavy atom. The van der Waals surface area contributed by atoms with Gasteiger partial charge in [0.25, 0.3) is 5.91 Å². The van der Waals surface area contributed by atoms with Crippen molar-refractivity contribution >= 4 is 58.4 Å². The zero-order valence-corrected chi connectivity index (χ0v) is 26.0. The zero-order valence-electron chi connectivity index (χ0n) is 25.2. The van der Waals surface area contributed by atoms with Crippen LogP contribution in [0.2, 0.25) is 5.02 Å². The number of ether oxygens (including phenoxy) is 1. The van der Waals surface area contributed by atoms with E-state index in [1.807, 2.05) is 4.90 Å². The Labute approximate surface area is 265 Å². The molecule has 3 aliphatic rings. The molecule has 0 unspecified atom stereocenters. The third kappa shape index (κ3) is 6.30. The number of H-pyrrole nitrogens is 1. The number of amides is 2. The molecule has 3 aromatic rings. The maximum atomic E-state index is 13.7. The minimum absolute atomic E-state index is 0.00130. The molecule has 6 rings (SSSR count). The highest BCUT2D eigenvalue weighted by Crippen LogP contribution is 2.38. The predicted molar refractivity (Wildman–Crippen MR) is 169 cm³/mol. The number of hydrogen-bond donors (Lipinski definition) is 3. The summed E-state index contributed by atoms with van der Waals surface area (Å²) >= 11 is 5.97. The summed E-state index contributed by atoms with van der Waals surface area (Å²) in [5.74, 6) is -0.977. The zero-order chi connectivity index (χ0) is 31.7. The van der Waals surface area contributed by atoms with E-state index in [1.54, 1.807) is 19.9 Å². The molecule has 236 valence electrons. The molecule has 45 heavy (non-hydrogen) atoms. The van der Waals surface area contributed by atoms with Crippen LogP contribution in [0.1, 0.15) is 65.5 Å². The van der Waals surface area contributed by atoms with Crippen molar-refractivity contribution in [2.75, 3.05) is 43.4 Å². The molecule has 2 amide bonds. The van der Waals surface area contributed by atoms with Gasteiger partial charge in [-0.1, -0.05) is 11.6 Å². The molecule has 1 aromatic carbocycles. The molecule has 0 bridgehead atoms. The number of nitrogens with one attached hydrogen (secondary N) is 3. The van der Waals surface area contributed by atoms with E-state index in [2.05, 4.69) is 30.5 Å². The maximum Gasteiger partial charge on any atom is 0.340 e. The molecular formula is C32H35ClFN7O4. The lowest BCUT2D eigenvalue weighted by Crippen LogP contribution is -2.43. The highest BCUT2D eigenvalue weighted by Gasteiger charge is 2.34. The van der Waals surface area contributed by atoms with Gasteiger partial charge >= 0.3 is 5.97 Å². The first-order chi connectivity index (χ1) is 21.7. The van der Waals surface area contributed by atoms with Crippen molar-refractivity contribution < 1.29 is 23.5 Å². The molecule has 0 spiro atoms. The van der Waals surface area contributed by atoms with Crippen LogP contribution in [-0.2, 0) is 20.7 Å². The van der Waals surface area contributed by atoms with Crippen molar-refractivity contribution in [1.29, 1.82) is 0 Å². The average Bonchev–Trinajstić information content (AvgIpc) is 3.80. The van der Waals surface area contributed by atoms with E-state index in [4.69, 9.17) is 16.3 Å². The van der Waals surface area contributed by atoms with Crippen LogP contribution in [-0.4, -0.2) is 81.4 Å². The van der Waals surface area contributed by atoms with E-state index >= 15 is 0 Å². The molecule has 2 aromatic heterocycles. The summed E-state index contributed by atoms with van der Waals surface area (Å²) in [7, 11) is 0. The summed E-state index contributed by atoms with van der Waals surface area (Å²) in [5.41, 5.74) is 2.86. The van der Waals surface area contributed by atoms with E-state index in [0.29, 0.717) is 46.4 Å². The summed E-state index contributed by atoms with van der Waals surface area (Å²) in [6.07, 6.45) is 7.21. The third-order valence-electron chi connectivity index (χ3n) is 8.60. The van der Waals surface area contributed by atoms with Gasteiger partial charge in [-0.25, -0.2) is 19.2 Å². The number of nitrogens with zero attached hydrogens (tertiary/aromatic N) is 4. The SMILES string of the molecule is CCOC(=O)c1c(CC(=O)N2CCC[C@H]2CN2CCCC2)[nH]c(/C=C2\C(=O)Nc3ncnc(Nc4ccc(F)c(Cl)c4)c32)c1C. The van der Waals surface area contributed by atoms with E-state index < -0.39 is 17.7 Å². The molecule has 11 nitrogen and oxygen atoms in total. The fourth-order valence-electron chi connectivity index (χ4n) is 6.42. The van der Waals surface area contributed by atoms with Crippen LogP contribution >= 0.6 is 11.6 Å². The van der Waals surface area contributed by atoms with Gasteiger partial charge in [0.1, 0.15) is 23.8 Å². The fourth-order valence-corrected chi connectivity index (χ4v) is 6.60. The van der Waals surface area contributed by atoms with Gasteiger partial charge in [-0.05, 0) is 82.5 Å². The average molecular weight is 636 g/mol. The molecule has 13 heteroatoms. The van der Waals surface area contributed by atoms with Crippen LogP contribution in [0.25, 0.3) is 11.6 Å². The first-order valence-corrected chi connectivity index (χ1v) is 15.6. The van der Waals surface area contributed by atoms with Gasteiger partial charge in [0.2, 0.25) is 5.91 Å². The van der Waals surface area contributed by atoms with Gasteiger partial charge in [0.15, 0.2) is 0 Å². The Balaban J connectivity index is 1.32. The van der Waals surface area contributed by atoms with Crippen molar-refractivity contribution in [3.8, 4) is 0 Å². The van der Waals surface area contributed by atoms with Crippen molar-refractivity contribution in [1.82, 2.24) is 24.8 Å².